The minimum Gasteiger partial charge on any atom is -0.339 e. The van der Waals surface area contributed by atoms with E-state index in [0.717, 1.165) is 33.5 Å². The smallest absolute Gasteiger partial charge is 0.232 e. The van der Waals surface area contributed by atoms with Gasteiger partial charge in [0.2, 0.25) is 17.6 Å². The Morgan fingerprint density at radius 2 is 1.78 bits per heavy atom. The molecule has 1 unspecified atom stereocenters. The first-order chi connectivity index (χ1) is 12.9. The van der Waals surface area contributed by atoms with Crippen LogP contribution in [-0.4, -0.2) is 22.6 Å². The van der Waals surface area contributed by atoms with Gasteiger partial charge in [0.15, 0.2) is 0 Å². The summed E-state index contributed by atoms with van der Waals surface area (Å²) in [6.45, 7) is 8.72. The van der Waals surface area contributed by atoms with Gasteiger partial charge in [-0.25, -0.2) is 0 Å². The van der Waals surface area contributed by atoms with Crippen LogP contribution in [0, 0.1) is 27.7 Å². The van der Waals surface area contributed by atoms with Crippen molar-refractivity contribution in [2.75, 3.05) is 11.4 Å². The van der Waals surface area contributed by atoms with E-state index < -0.39 is 0 Å². The van der Waals surface area contributed by atoms with E-state index in [2.05, 4.69) is 28.3 Å². The first-order valence-corrected chi connectivity index (χ1v) is 9.22. The third-order valence-corrected chi connectivity index (χ3v) is 5.26. The molecule has 0 radical (unpaired) electrons. The number of para-hydroxylation sites is 1. The Labute approximate surface area is 159 Å². The molecule has 1 atom stereocenters. The summed E-state index contributed by atoms with van der Waals surface area (Å²) in [5.41, 5.74) is 6.43. The molecule has 27 heavy (non-hydrogen) atoms. The highest BCUT2D eigenvalue weighted by Gasteiger charge is 2.36. The Morgan fingerprint density at radius 1 is 1.04 bits per heavy atom. The number of carbonyl (C=O) groups excluding carboxylic acids is 1. The molecule has 1 aliphatic heterocycles. The highest BCUT2D eigenvalue weighted by atomic mass is 16.5. The molecule has 2 aromatic carbocycles. The maximum atomic E-state index is 12.7. The van der Waals surface area contributed by atoms with Crippen LogP contribution < -0.4 is 4.90 Å². The van der Waals surface area contributed by atoms with Crippen molar-refractivity contribution >= 4 is 11.6 Å². The number of nitrogens with zero attached hydrogens (tertiary/aromatic N) is 3. The van der Waals surface area contributed by atoms with Crippen molar-refractivity contribution in [1.82, 2.24) is 10.1 Å². The van der Waals surface area contributed by atoms with E-state index in [4.69, 9.17) is 4.52 Å². The summed E-state index contributed by atoms with van der Waals surface area (Å²) in [6, 6.07) is 12.3. The van der Waals surface area contributed by atoms with E-state index in [9.17, 15) is 4.79 Å². The molecule has 1 aliphatic rings. The number of aromatic nitrogens is 2. The summed E-state index contributed by atoms with van der Waals surface area (Å²) in [5, 5.41) is 4.17. The Morgan fingerprint density at radius 3 is 2.52 bits per heavy atom. The van der Waals surface area contributed by atoms with Gasteiger partial charge in [-0.3, -0.25) is 4.79 Å². The second-order valence-electron chi connectivity index (χ2n) is 7.42. The molecule has 0 spiro atoms. The standard InChI is InChI=1S/C22H23N3O2/c1-13-8-9-14(2)18(10-13)21-23-22(27-24-21)17-11-19(26)25(12-17)20-15(3)6-5-7-16(20)4/h5-10,17H,11-12H2,1-4H3. The molecule has 1 aromatic heterocycles. The van der Waals surface area contributed by atoms with Gasteiger partial charge in [0.1, 0.15) is 0 Å². The molecule has 0 N–H and O–H groups in total. The summed E-state index contributed by atoms with van der Waals surface area (Å²) < 4.78 is 5.55. The molecule has 5 nitrogen and oxygen atoms in total. The van der Waals surface area contributed by atoms with Crippen LogP contribution in [-0.2, 0) is 4.79 Å². The van der Waals surface area contributed by atoms with Crippen molar-refractivity contribution in [2.24, 2.45) is 0 Å². The molecule has 5 heteroatoms. The van der Waals surface area contributed by atoms with Crippen LogP contribution in [0.25, 0.3) is 11.4 Å². The van der Waals surface area contributed by atoms with Gasteiger partial charge in [0.05, 0.1) is 5.92 Å². The van der Waals surface area contributed by atoms with Crippen molar-refractivity contribution in [3.05, 3.63) is 64.5 Å². The van der Waals surface area contributed by atoms with Crippen molar-refractivity contribution in [3.63, 3.8) is 0 Å². The number of amides is 1. The average Bonchev–Trinajstić information content (AvgIpc) is 3.24. The van der Waals surface area contributed by atoms with E-state index in [1.807, 2.05) is 50.8 Å². The molecule has 1 amide bonds. The number of anilines is 1. The lowest BCUT2D eigenvalue weighted by atomic mass is 10.1. The number of aryl methyl sites for hydroxylation is 4. The molecule has 0 saturated carbocycles. The number of carbonyl (C=O) groups is 1. The van der Waals surface area contributed by atoms with Crippen molar-refractivity contribution < 1.29 is 9.32 Å². The quantitative estimate of drug-likeness (QED) is 0.690. The topological polar surface area (TPSA) is 59.2 Å². The fraction of sp³-hybridized carbons (Fsp3) is 0.318. The minimum absolute atomic E-state index is 0.0807. The third kappa shape index (κ3) is 3.14. The predicted octanol–water partition coefficient (Wildman–Crippen LogP) is 4.49. The molecule has 138 valence electrons. The lowest BCUT2D eigenvalue weighted by Gasteiger charge is -2.21. The summed E-state index contributed by atoms with van der Waals surface area (Å²) in [6.07, 6.45) is 0.391. The molecule has 1 fully saturated rings. The van der Waals surface area contributed by atoms with Gasteiger partial charge in [-0.15, -0.1) is 0 Å². The normalized spacial score (nSPS) is 17.0. The fourth-order valence-corrected chi connectivity index (χ4v) is 3.81. The van der Waals surface area contributed by atoms with Crippen LogP contribution in [0.3, 0.4) is 0 Å². The molecular formula is C22H23N3O2. The predicted molar refractivity (Wildman–Crippen MR) is 105 cm³/mol. The van der Waals surface area contributed by atoms with Crippen LogP contribution in [0.15, 0.2) is 40.9 Å². The number of hydrogen-bond donors (Lipinski definition) is 0. The summed E-state index contributed by atoms with van der Waals surface area (Å²) in [5.74, 6) is 1.14. The first-order valence-electron chi connectivity index (χ1n) is 9.22. The molecular weight excluding hydrogens is 338 g/mol. The molecule has 3 aromatic rings. The summed E-state index contributed by atoms with van der Waals surface area (Å²) in [4.78, 5) is 19.1. The highest BCUT2D eigenvalue weighted by molar-refractivity contribution is 5.97. The van der Waals surface area contributed by atoms with E-state index >= 15 is 0 Å². The van der Waals surface area contributed by atoms with E-state index in [1.165, 1.54) is 0 Å². The zero-order valence-electron chi connectivity index (χ0n) is 16.1. The molecule has 4 rings (SSSR count). The van der Waals surface area contributed by atoms with Crippen molar-refractivity contribution in [1.29, 1.82) is 0 Å². The highest BCUT2D eigenvalue weighted by Crippen LogP contribution is 2.35. The Balaban J connectivity index is 1.62. The van der Waals surface area contributed by atoms with Gasteiger partial charge in [0, 0.05) is 24.2 Å². The summed E-state index contributed by atoms with van der Waals surface area (Å²) in [7, 11) is 0. The van der Waals surface area contributed by atoms with Crippen molar-refractivity contribution in [2.45, 2.75) is 40.0 Å². The summed E-state index contributed by atoms with van der Waals surface area (Å²) >= 11 is 0. The van der Waals surface area contributed by atoms with E-state index in [-0.39, 0.29) is 11.8 Å². The molecule has 2 heterocycles. The number of rotatable bonds is 3. The average molecular weight is 361 g/mol. The minimum atomic E-state index is -0.0807. The lowest BCUT2D eigenvalue weighted by molar-refractivity contribution is -0.117. The maximum Gasteiger partial charge on any atom is 0.232 e. The lowest BCUT2D eigenvalue weighted by Crippen LogP contribution is -2.26. The van der Waals surface area contributed by atoms with Crippen LogP contribution in [0.4, 0.5) is 5.69 Å². The Bertz CT molecular complexity index is 1000. The maximum absolute atomic E-state index is 12.7. The number of benzene rings is 2. The first kappa shape index (κ1) is 17.5. The van der Waals surface area contributed by atoms with E-state index in [1.54, 1.807) is 0 Å². The van der Waals surface area contributed by atoms with Gasteiger partial charge in [-0.05, 0) is 50.5 Å². The van der Waals surface area contributed by atoms with Gasteiger partial charge in [-0.2, -0.15) is 4.98 Å². The fourth-order valence-electron chi connectivity index (χ4n) is 3.81. The Hall–Kier alpha value is -2.95. The zero-order valence-corrected chi connectivity index (χ0v) is 16.1. The van der Waals surface area contributed by atoms with Crippen LogP contribution >= 0.6 is 0 Å². The molecule has 1 saturated heterocycles. The van der Waals surface area contributed by atoms with Crippen LogP contribution in [0.5, 0.6) is 0 Å². The SMILES string of the molecule is Cc1ccc(C)c(-c2noc(C3CC(=O)N(c4c(C)cccc4C)C3)n2)c1. The van der Waals surface area contributed by atoms with Gasteiger partial charge in [-0.1, -0.05) is 41.1 Å². The monoisotopic (exact) mass is 361 g/mol. The largest absolute Gasteiger partial charge is 0.339 e. The second kappa shape index (κ2) is 6.65. The van der Waals surface area contributed by atoms with Crippen molar-refractivity contribution in [3.8, 4) is 11.4 Å². The zero-order chi connectivity index (χ0) is 19.1. The molecule has 0 bridgehead atoms. The third-order valence-electron chi connectivity index (χ3n) is 5.26. The van der Waals surface area contributed by atoms with Gasteiger partial charge < -0.3 is 9.42 Å². The Kier molecular flexibility index (Phi) is 4.30. The second-order valence-corrected chi connectivity index (χ2v) is 7.42. The van der Waals surface area contributed by atoms with Gasteiger partial charge >= 0.3 is 0 Å². The number of hydrogen-bond acceptors (Lipinski definition) is 4. The van der Waals surface area contributed by atoms with E-state index in [0.29, 0.717) is 24.7 Å². The van der Waals surface area contributed by atoms with Gasteiger partial charge in [0.25, 0.3) is 0 Å². The molecule has 0 aliphatic carbocycles. The van der Waals surface area contributed by atoms with Crippen LogP contribution in [0.1, 0.15) is 40.5 Å². The van der Waals surface area contributed by atoms with Crippen LogP contribution in [0.2, 0.25) is 0 Å².